The minimum Gasteiger partial charge on any atom is -0.399 e. The Morgan fingerprint density at radius 3 is 1.17 bits per heavy atom. The monoisotopic (exact) mass is 392 g/mol. The number of benzene rings is 4. The summed E-state index contributed by atoms with van der Waals surface area (Å²) in [6.07, 6.45) is 2.06. The second-order valence-corrected chi connectivity index (χ2v) is 7.71. The second-order valence-electron chi connectivity index (χ2n) is 7.71. The largest absolute Gasteiger partial charge is 0.399 e. The normalized spacial score (nSPS) is 10.9. The fourth-order valence-corrected chi connectivity index (χ4v) is 3.91. The Balaban J connectivity index is 1.90. The van der Waals surface area contributed by atoms with Crippen LogP contribution in [0.1, 0.15) is 25.0 Å². The van der Waals surface area contributed by atoms with Crippen LogP contribution in [0.15, 0.2) is 84.9 Å². The average molecular weight is 393 g/mol. The van der Waals surface area contributed by atoms with E-state index in [0.717, 1.165) is 46.5 Å². The molecule has 30 heavy (non-hydrogen) atoms. The minimum atomic E-state index is 0.762. The SMILES string of the molecule is CCc1ccc(-c2cc(N)ccc2-c2ccc(N)cc2-c2ccc(CC)cc2)cc1. The number of nitrogen functional groups attached to an aromatic ring is 2. The predicted octanol–water partition coefficient (Wildman–Crippen LogP) is 6.98. The quantitative estimate of drug-likeness (QED) is 0.360. The van der Waals surface area contributed by atoms with Crippen molar-refractivity contribution < 1.29 is 0 Å². The first-order valence-corrected chi connectivity index (χ1v) is 10.6. The number of aryl methyl sites for hydroxylation is 2. The second kappa shape index (κ2) is 8.46. The molecule has 0 aliphatic rings. The Bertz CT molecular complexity index is 1060. The van der Waals surface area contributed by atoms with Crippen LogP contribution in [0.4, 0.5) is 11.4 Å². The molecule has 2 nitrogen and oxygen atoms in total. The lowest BCUT2D eigenvalue weighted by atomic mass is 9.88. The van der Waals surface area contributed by atoms with E-state index < -0.39 is 0 Å². The summed E-state index contributed by atoms with van der Waals surface area (Å²) in [7, 11) is 0. The summed E-state index contributed by atoms with van der Waals surface area (Å²) in [6, 6.07) is 29.8. The van der Waals surface area contributed by atoms with Crippen LogP contribution in [0.2, 0.25) is 0 Å². The minimum absolute atomic E-state index is 0.762. The molecule has 0 spiro atoms. The first kappa shape index (κ1) is 19.8. The first-order valence-electron chi connectivity index (χ1n) is 10.6. The van der Waals surface area contributed by atoms with E-state index in [9.17, 15) is 0 Å². The van der Waals surface area contributed by atoms with Gasteiger partial charge in [-0.15, -0.1) is 0 Å². The third-order valence-electron chi connectivity index (χ3n) is 5.72. The lowest BCUT2D eigenvalue weighted by Crippen LogP contribution is -1.94. The van der Waals surface area contributed by atoms with Crippen LogP contribution >= 0.6 is 0 Å². The van der Waals surface area contributed by atoms with Crippen molar-refractivity contribution in [3.05, 3.63) is 96.1 Å². The molecule has 0 amide bonds. The highest BCUT2D eigenvalue weighted by Gasteiger charge is 2.14. The smallest absolute Gasteiger partial charge is 0.0320 e. The maximum Gasteiger partial charge on any atom is 0.0320 e. The van der Waals surface area contributed by atoms with E-state index in [1.807, 2.05) is 12.1 Å². The van der Waals surface area contributed by atoms with Crippen molar-refractivity contribution in [3.63, 3.8) is 0 Å². The van der Waals surface area contributed by atoms with E-state index in [2.05, 4.69) is 86.6 Å². The van der Waals surface area contributed by atoms with Gasteiger partial charge in [-0.3, -0.25) is 0 Å². The molecule has 0 radical (unpaired) electrons. The van der Waals surface area contributed by atoms with E-state index in [1.165, 1.54) is 22.3 Å². The zero-order chi connectivity index (χ0) is 21.1. The van der Waals surface area contributed by atoms with Gasteiger partial charge in [0.2, 0.25) is 0 Å². The van der Waals surface area contributed by atoms with Crippen molar-refractivity contribution in [2.24, 2.45) is 0 Å². The van der Waals surface area contributed by atoms with Crippen LogP contribution in [-0.4, -0.2) is 0 Å². The van der Waals surface area contributed by atoms with E-state index in [1.54, 1.807) is 0 Å². The van der Waals surface area contributed by atoms with Crippen molar-refractivity contribution in [1.82, 2.24) is 0 Å². The Morgan fingerprint density at radius 1 is 0.467 bits per heavy atom. The average Bonchev–Trinajstić information content (AvgIpc) is 2.79. The molecule has 0 unspecified atom stereocenters. The van der Waals surface area contributed by atoms with Gasteiger partial charge in [-0.1, -0.05) is 74.5 Å². The van der Waals surface area contributed by atoms with Gasteiger partial charge in [0.15, 0.2) is 0 Å². The summed E-state index contributed by atoms with van der Waals surface area (Å²) in [6.45, 7) is 4.34. The summed E-state index contributed by atoms with van der Waals surface area (Å²) in [4.78, 5) is 0. The summed E-state index contributed by atoms with van der Waals surface area (Å²) >= 11 is 0. The van der Waals surface area contributed by atoms with E-state index >= 15 is 0 Å². The van der Waals surface area contributed by atoms with E-state index in [0.29, 0.717) is 0 Å². The highest BCUT2D eigenvalue weighted by molar-refractivity contribution is 5.93. The van der Waals surface area contributed by atoms with Gasteiger partial charge >= 0.3 is 0 Å². The molecule has 0 fully saturated rings. The van der Waals surface area contributed by atoms with E-state index in [4.69, 9.17) is 11.5 Å². The zero-order valence-corrected chi connectivity index (χ0v) is 17.7. The molecular weight excluding hydrogens is 364 g/mol. The fraction of sp³-hybridized carbons (Fsp3) is 0.143. The molecule has 0 atom stereocenters. The Kier molecular flexibility index (Phi) is 5.58. The number of rotatable bonds is 5. The van der Waals surface area contributed by atoms with Gasteiger partial charge in [-0.05, 0) is 81.6 Å². The Morgan fingerprint density at radius 2 is 0.833 bits per heavy atom. The van der Waals surface area contributed by atoms with Crippen LogP contribution in [0.5, 0.6) is 0 Å². The molecule has 0 aliphatic carbocycles. The van der Waals surface area contributed by atoms with Gasteiger partial charge in [-0.2, -0.15) is 0 Å². The third-order valence-corrected chi connectivity index (χ3v) is 5.72. The highest BCUT2D eigenvalue weighted by Crippen LogP contribution is 2.40. The topological polar surface area (TPSA) is 52.0 Å². The van der Waals surface area contributed by atoms with Gasteiger partial charge in [0, 0.05) is 11.4 Å². The summed E-state index contributed by atoms with van der Waals surface area (Å²) in [5.74, 6) is 0. The standard InChI is InChI=1S/C28H28N2/c1-3-19-5-9-21(10-6-19)27-17-23(29)13-15-25(27)26-16-14-24(30)18-28(26)22-11-7-20(4-2)8-12-22/h5-18H,3-4,29-30H2,1-2H3. The molecule has 0 bridgehead atoms. The van der Waals surface area contributed by atoms with Gasteiger partial charge in [0.25, 0.3) is 0 Å². The molecule has 0 aromatic heterocycles. The maximum absolute atomic E-state index is 6.18. The van der Waals surface area contributed by atoms with Gasteiger partial charge < -0.3 is 11.5 Å². The first-order chi connectivity index (χ1) is 14.6. The molecule has 4 rings (SSSR count). The number of hydrogen-bond donors (Lipinski definition) is 2. The van der Waals surface area contributed by atoms with Crippen molar-refractivity contribution >= 4 is 11.4 Å². The van der Waals surface area contributed by atoms with Crippen LogP contribution in [0.3, 0.4) is 0 Å². The zero-order valence-electron chi connectivity index (χ0n) is 17.7. The van der Waals surface area contributed by atoms with Crippen LogP contribution < -0.4 is 11.5 Å². The Labute approximate surface area is 179 Å². The third kappa shape index (κ3) is 3.95. The van der Waals surface area contributed by atoms with Gasteiger partial charge in [0.05, 0.1) is 0 Å². The highest BCUT2D eigenvalue weighted by atomic mass is 14.5. The molecular formula is C28H28N2. The molecule has 0 saturated carbocycles. The molecule has 4 N–H and O–H groups in total. The predicted molar refractivity (Wildman–Crippen MR) is 130 cm³/mol. The number of hydrogen-bond acceptors (Lipinski definition) is 2. The molecule has 4 aromatic carbocycles. The van der Waals surface area contributed by atoms with Gasteiger partial charge in [0.1, 0.15) is 0 Å². The van der Waals surface area contributed by atoms with Gasteiger partial charge in [-0.25, -0.2) is 0 Å². The molecule has 0 aliphatic heterocycles. The molecule has 0 heterocycles. The van der Waals surface area contributed by atoms with Crippen LogP contribution in [0.25, 0.3) is 33.4 Å². The van der Waals surface area contributed by atoms with Crippen LogP contribution in [0, 0.1) is 0 Å². The van der Waals surface area contributed by atoms with Crippen molar-refractivity contribution in [2.75, 3.05) is 11.5 Å². The van der Waals surface area contributed by atoms with Crippen molar-refractivity contribution in [2.45, 2.75) is 26.7 Å². The van der Waals surface area contributed by atoms with Crippen LogP contribution in [-0.2, 0) is 12.8 Å². The van der Waals surface area contributed by atoms with Crippen molar-refractivity contribution in [1.29, 1.82) is 0 Å². The summed E-state index contributed by atoms with van der Waals surface area (Å²) in [5.41, 5.74) is 23.5. The number of anilines is 2. The fourth-order valence-electron chi connectivity index (χ4n) is 3.91. The summed E-state index contributed by atoms with van der Waals surface area (Å²) in [5, 5.41) is 0. The number of nitrogens with two attached hydrogens (primary N) is 2. The lowest BCUT2D eigenvalue weighted by Gasteiger charge is -2.16. The molecule has 0 saturated heterocycles. The maximum atomic E-state index is 6.18. The molecule has 150 valence electrons. The molecule has 4 aromatic rings. The lowest BCUT2D eigenvalue weighted by molar-refractivity contribution is 1.14. The summed E-state index contributed by atoms with van der Waals surface area (Å²) < 4.78 is 0. The van der Waals surface area contributed by atoms with E-state index in [-0.39, 0.29) is 0 Å². The molecule has 2 heteroatoms. The van der Waals surface area contributed by atoms with Crippen molar-refractivity contribution in [3.8, 4) is 33.4 Å². The Hall–Kier alpha value is -3.52.